The summed E-state index contributed by atoms with van der Waals surface area (Å²) in [5.74, 6) is -0.270. The lowest BCUT2D eigenvalue weighted by Gasteiger charge is -2.30. The maximum absolute atomic E-state index is 14.8. The molecule has 4 aromatic rings. The second-order valence-corrected chi connectivity index (χ2v) is 11.9. The standard InChI is InChI=1S/C36H37ClFN5O2/c1-2-31(44)22-27-21-26(8-13-33(27)38)35-28(20-25-6-10-30(11-7-25)42-16-18-45-19-17-42)24-39-36(41-35)40-29-9-12-32(37)34(23-29)43-14-4-3-5-15-43/h2,6-13,21,23-24H,1,3-5,14-20,22H2,(H,39,40,41). The van der Waals surface area contributed by atoms with Gasteiger partial charge in [-0.2, -0.15) is 0 Å². The molecule has 3 aromatic carbocycles. The Morgan fingerprint density at radius 1 is 0.956 bits per heavy atom. The predicted octanol–water partition coefficient (Wildman–Crippen LogP) is 7.40. The number of carbonyl (C=O) groups is 1. The van der Waals surface area contributed by atoms with Gasteiger partial charge in [-0.1, -0.05) is 30.3 Å². The minimum absolute atomic E-state index is 0.0677. The number of hydrogen-bond acceptors (Lipinski definition) is 7. The van der Waals surface area contributed by atoms with E-state index >= 15 is 0 Å². The Kier molecular flexibility index (Phi) is 9.72. The number of anilines is 4. The maximum atomic E-state index is 14.8. The molecular formula is C36H37ClFN5O2. The number of nitrogens with one attached hydrogen (secondary N) is 1. The summed E-state index contributed by atoms with van der Waals surface area (Å²) in [5.41, 5.74) is 6.65. The first kappa shape index (κ1) is 30.7. The summed E-state index contributed by atoms with van der Waals surface area (Å²) in [6.07, 6.45) is 7.08. The van der Waals surface area contributed by atoms with Gasteiger partial charge in [0.1, 0.15) is 5.82 Å². The van der Waals surface area contributed by atoms with Crippen molar-refractivity contribution in [1.82, 2.24) is 9.97 Å². The number of aromatic nitrogens is 2. The van der Waals surface area contributed by atoms with Crippen LogP contribution in [0.3, 0.4) is 0 Å². The van der Waals surface area contributed by atoms with Gasteiger partial charge in [0, 0.05) is 67.7 Å². The van der Waals surface area contributed by atoms with E-state index in [4.69, 9.17) is 21.3 Å². The monoisotopic (exact) mass is 625 g/mol. The zero-order valence-corrected chi connectivity index (χ0v) is 26.0. The van der Waals surface area contributed by atoms with Crippen molar-refractivity contribution >= 4 is 40.4 Å². The number of ketones is 1. The number of hydrogen-bond donors (Lipinski definition) is 1. The molecule has 45 heavy (non-hydrogen) atoms. The van der Waals surface area contributed by atoms with E-state index in [0.717, 1.165) is 74.7 Å². The molecule has 1 aromatic heterocycles. The van der Waals surface area contributed by atoms with Crippen LogP contribution in [0.15, 0.2) is 79.5 Å². The topological polar surface area (TPSA) is 70.6 Å². The van der Waals surface area contributed by atoms with E-state index in [9.17, 15) is 9.18 Å². The Hall–Kier alpha value is -4.27. The van der Waals surface area contributed by atoms with Crippen LogP contribution >= 0.6 is 11.6 Å². The Morgan fingerprint density at radius 3 is 2.49 bits per heavy atom. The van der Waals surface area contributed by atoms with Crippen molar-refractivity contribution in [2.24, 2.45) is 0 Å². The molecule has 1 N–H and O–H groups in total. The highest BCUT2D eigenvalue weighted by Crippen LogP contribution is 2.33. The highest BCUT2D eigenvalue weighted by Gasteiger charge is 2.18. The van der Waals surface area contributed by atoms with Crippen molar-refractivity contribution in [2.45, 2.75) is 32.1 Å². The third-order valence-corrected chi connectivity index (χ3v) is 8.70. The van der Waals surface area contributed by atoms with Crippen LogP contribution in [0.4, 0.5) is 27.4 Å². The molecule has 6 rings (SSSR count). The molecule has 9 heteroatoms. The fourth-order valence-electron chi connectivity index (χ4n) is 5.93. The SMILES string of the molecule is C=CC(=O)Cc1cc(-c2nc(Nc3ccc(Cl)c(N4CCCCC4)c3)ncc2Cc2ccc(N3CCOCC3)cc2)ccc1F. The number of piperidine rings is 1. The Morgan fingerprint density at radius 2 is 1.73 bits per heavy atom. The average molecular weight is 626 g/mol. The van der Waals surface area contributed by atoms with Gasteiger partial charge in [0.15, 0.2) is 5.78 Å². The number of carbonyl (C=O) groups excluding carboxylic acids is 1. The third kappa shape index (κ3) is 7.52. The van der Waals surface area contributed by atoms with E-state index in [2.05, 4.69) is 50.9 Å². The van der Waals surface area contributed by atoms with Gasteiger partial charge in [0.05, 0.1) is 29.6 Å². The van der Waals surface area contributed by atoms with E-state index in [-0.39, 0.29) is 12.2 Å². The van der Waals surface area contributed by atoms with Gasteiger partial charge >= 0.3 is 0 Å². The first-order valence-corrected chi connectivity index (χ1v) is 15.9. The molecule has 2 fully saturated rings. The van der Waals surface area contributed by atoms with Crippen molar-refractivity contribution in [3.63, 3.8) is 0 Å². The highest BCUT2D eigenvalue weighted by atomic mass is 35.5. The summed E-state index contributed by atoms with van der Waals surface area (Å²) < 4.78 is 20.2. The van der Waals surface area contributed by atoms with Crippen LogP contribution in [-0.2, 0) is 22.4 Å². The molecule has 0 radical (unpaired) electrons. The number of morpholine rings is 1. The molecule has 2 aliphatic rings. The Bertz CT molecular complexity index is 1670. The molecule has 0 saturated carbocycles. The van der Waals surface area contributed by atoms with E-state index in [1.165, 1.54) is 24.3 Å². The molecule has 3 heterocycles. The Balaban J connectivity index is 1.32. The molecule has 0 unspecified atom stereocenters. The molecule has 0 bridgehead atoms. The fraction of sp³-hybridized carbons (Fsp3) is 0.306. The molecule has 0 amide bonds. The van der Waals surface area contributed by atoms with Crippen LogP contribution < -0.4 is 15.1 Å². The maximum Gasteiger partial charge on any atom is 0.227 e. The number of nitrogens with zero attached hydrogens (tertiary/aromatic N) is 4. The molecule has 0 atom stereocenters. The molecule has 2 saturated heterocycles. The second-order valence-electron chi connectivity index (χ2n) is 11.5. The highest BCUT2D eigenvalue weighted by molar-refractivity contribution is 6.33. The summed E-state index contributed by atoms with van der Waals surface area (Å²) in [5, 5.41) is 4.07. The normalized spacial score (nSPS) is 15.2. The van der Waals surface area contributed by atoms with Crippen LogP contribution in [0.5, 0.6) is 0 Å². The van der Waals surface area contributed by atoms with Gasteiger partial charge in [0.25, 0.3) is 0 Å². The number of benzene rings is 3. The lowest BCUT2D eigenvalue weighted by atomic mass is 9.98. The van der Waals surface area contributed by atoms with Crippen LogP contribution in [0.2, 0.25) is 5.02 Å². The van der Waals surface area contributed by atoms with Crippen LogP contribution in [0.1, 0.15) is 36.0 Å². The summed E-state index contributed by atoms with van der Waals surface area (Å²) in [6.45, 7) is 8.71. The first-order valence-electron chi connectivity index (χ1n) is 15.5. The van der Waals surface area contributed by atoms with Crippen molar-refractivity contribution in [2.75, 3.05) is 54.5 Å². The smallest absolute Gasteiger partial charge is 0.227 e. The minimum Gasteiger partial charge on any atom is -0.378 e. The van der Waals surface area contributed by atoms with Gasteiger partial charge in [-0.05, 0) is 85.0 Å². The van der Waals surface area contributed by atoms with E-state index in [1.54, 1.807) is 12.1 Å². The minimum atomic E-state index is -0.437. The van der Waals surface area contributed by atoms with E-state index < -0.39 is 5.82 Å². The predicted molar refractivity (Wildman–Crippen MR) is 179 cm³/mol. The van der Waals surface area contributed by atoms with Crippen molar-refractivity contribution < 1.29 is 13.9 Å². The zero-order chi connectivity index (χ0) is 31.2. The van der Waals surface area contributed by atoms with Crippen LogP contribution in [0.25, 0.3) is 11.3 Å². The molecule has 0 aliphatic carbocycles. The molecule has 2 aliphatic heterocycles. The largest absolute Gasteiger partial charge is 0.378 e. The fourth-order valence-corrected chi connectivity index (χ4v) is 6.16. The average Bonchev–Trinajstić information content (AvgIpc) is 3.08. The molecule has 7 nitrogen and oxygen atoms in total. The summed E-state index contributed by atoms with van der Waals surface area (Å²) in [7, 11) is 0. The number of ether oxygens (including phenoxy) is 1. The molecular weight excluding hydrogens is 589 g/mol. The lowest BCUT2D eigenvalue weighted by molar-refractivity contribution is -0.114. The van der Waals surface area contributed by atoms with Crippen molar-refractivity contribution in [3.8, 4) is 11.3 Å². The van der Waals surface area contributed by atoms with Crippen LogP contribution in [-0.4, -0.2) is 55.1 Å². The third-order valence-electron chi connectivity index (χ3n) is 8.38. The van der Waals surface area contributed by atoms with Gasteiger partial charge < -0.3 is 19.9 Å². The van der Waals surface area contributed by atoms with Gasteiger partial charge in [-0.15, -0.1) is 0 Å². The summed E-state index contributed by atoms with van der Waals surface area (Å²) in [6, 6.07) is 19.1. The first-order chi connectivity index (χ1) is 22.0. The van der Waals surface area contributed by atoms with Crippen LogP contribution in [0, 0.1) is 5.82 Å². The van der Waals surface area contributed by atoms with Gasteiger partial charge in [-0.3, -0.25) is 4.79 Å². The zero-order valence-electron chi connectivity index (χ0n) is 25.3. The van der Waals surface area contributed by atoms with Gasteiger partial charge in [-0.25, -0.2) is 14.4 Å². The summed E-state index contributed by atoms with van der Waals surface area (Å²) in [4.78, 5) is 26.4. The second kappa shape index (κ2) is 14.2. The number of rotatable bonds is 10. The lowest BCUT2D eigenvalue weighted by Crippen LogP contribution is -2.36. The van der Waals surface area contributed by atoms with E-state index in [1.807, 2.05) is 24.4 Å². The summed E-state index contributed by atoms with van der Waals surface area (Å²) >= 11 is 6.59. The molecule has 0 spiro atoms. The number of allylic oxidation sites excluding steroid dienone is 1. The molecule has 232 valence electrons. The van der Waals surface area contributed by atoms with E-state index in [0.29, 0.717) is 34.2 Å². The van der Waals surface area contributed by atoms with Gasteiger partial charge in [0.2, 0.25) is 5.95 Å². The van der Waals surface area contributed by atoms with Crippen molar-refractivity contribution in [3.05, 3.63) is 107 Å². The number of halogens is 2. The Labute approximate surface area is 268 Å². The quantitative estimate of drug-likeness (QED) is 0.184. The van der Waals surface area contributed by atoms with Crippen molar-refractivity contribution in [1.29, 1.82) is 0 Å².